The van der Waals surface area contributed by atoms with Gasteiger partial charge in [0.15, 0.2) is 0 Å². The molecule has 1 fully saturated rings. The number of ether oxygens (including phenoxy) is 2. The Hall–Kier alpha value is -1.18. The van der Waals surface area contributed by atoms with Crippen LogP contribution >= 0.6 is 0 Å². The van der Waals surface area contributed by atoms with E-state index in [0.717, 1.165) is 13.1 Å². The van der Waals surface area contributed by atoms with Gasteiger partial charge in [-0.15, -0.1) is 0 Å². The Kier molecular flexibility index (Phi) is 7.50. The van der Waals surface area contributed by atoms with Gasteiger partial charge < -0.3 is 24.6 Å². The lowest BCUT2D eigenvalue weighted by Gasteiger charge is -2.32. The smallest absolute Gasteiger partial charge is 0.312 e. The van der Waals surface area contributed by atoms with Crippen LogP contribution in [0.1, 0.15) is 6.92 Å². The highest BCUT2D eigenvalue weighted by molar-refractivity contribution is 6.35. The molecule has 7 heteroatoms. The standard InChI is InChI=1S/C13H25N3O4/c1-11(10-20-3)16(8-9-19-2)13(18)12(17)15-6-4-14-5-7-15/h11,14H,4-10H2,1-3H3. The van der Waals surface area contributed by atoms with Gasteiger partial charge in [0.1, 0.15) is 0 Å². The van der Waals surface area contributed by atoms with Crippen LogP contribution < -0.4 is 5.32 Å². The molecule has 1 unspecified atom stereocenters. The van der Waals surface area contributed by atoms with E-state index in [9.17, 15) is 9.59 Å². The third-order valence-corrected chi connectivity index (χ3v) is 3.32. The fourth-order valence-electron chi connectivity index (χ4n) is 2.17. The summed E-state index contributed by atoms with van der Waals surface area (Å²) in [6.45, 7) is 5.64. The number of hydrogen-bond donors (Lipinski definition) is 1. The highest BCUT2D eigenvalue weighted by atomic mass is 16.5. The molecule has 0 aromatic rings. The first-order valence-electron chi connectivity index (χ1n) is 6.90. The molecule has 116 valence electrons. The molecule has 0 aromatic carbocycles. The lowest BCUT2D eigenvalue weighted by molar-refractivity contribution is -0.154. The SMILES string of the molecule is COCCN(C(=O)C(=O)N1CCNCC1)C(C)COC. The van der Waals surface area contributed by atoms with Crippen molar-refractivity contribution in [2.45, 2.75) is 13.0 Å². The lowest BCUT2D eigenvalue weighted by Crippen LogP contribution is -2.54. The number of nitrogens with one attached hydrogen (secondary N) is 1. The van der Waals surface area contributed by atoms with Crippen LogP contribution in [0.4, 0.5) is 0 Å². The minimum atomic E-state index is -0.478. The van der Waals surface area contributed by atoms with E-state index in [-0.39, 0.29) is 6.04 Å². The maximum absolute atomic E-state index is 12.4. The number of amides is 2. The number of carbonyl (C=O) groups is 2. The van der Waals surface area contributed by atoms with E-state index in [1.807, 2.05) is 6.92 Å². The summed E-state index contributed by atoms with van der Waals surface area (Å²) in [6, 6.07) is -0.158. The van der Waals surface area contributed by atoms with Crippen molar-refractivity contribution in [3.63, 3.8) is 0 Å². The molecule has 20 heavy (non-hydrogen) atoms. The van der Waals surface area contributed by atoms with E-state index in [1.54, 1.807) is 19.1 Å². The molecule has 1 rings (SSSR count). The molecule has 0 radical (unpaired) electrons. The number of methoxy groups -OCH3 is 2. The number of hydrogen-bond acceptors (Lipinski definition) is 5. The third-order valence-electron chi connectivity index (χ3n) is 3.32. The highest BCUT2D eigenvalue weighted by Crippen LogP contribution is 2.04. The van der Waals surface area contributed by atoms with E-state index in [0.29, 0.717) is 32.8 Å². The Morgan fingerprint density at radius 3 is 2.45 bits per heavy atom. The van der Waals surface area contributed by atoms with E-state index >= 15 is 0 Å². The summed E-state index contributed by atoms with van der Waals surface area (Å²) in [5.41, 5.74) is 0. The summed E-state index contributed by atoms with van der Waals surface area (Å²) in [7, 11) is 3.15. The van der Waals surface area contributed by atoms with E-state index in [4.69, 9.17) is 9.47 Å². The molecule has 1 aliphatic heterocycles. The minimum absolute atomic E-state index is 0.158. The van der Waals surface area contributed by atoms with Crippen molar-refractivity contribution in [1.82, 2.24) is 15.1 Å². The van der Waals surface area contributed by atoms with Gasteiger partial charge in [0.25, 0.3) is 0 Å². The maximum Gasteiger partial charge on any atom is 0.312 e. The summed E-state index contributed by atoms with van der Waals surface area (Å²) >= 11 is 0. The third kappa shape index (κ3) is 4.73. The minimum Gasteiger partial charge on any atom is -0.383 e. The summed E-state index contributed by atoms with van der Waals surface area (Å²) < 4.78 is 10.1. The quantitative estimate of drug-likeness (QED) is 0.630. The Morgan fingerprint density at radius 2 is 1.90 bits per heavy atom. The van der Waals surface area contributed by atoms with Crippen LogP contribution in [0.5, 0.6) is 0 Å². The predicted octanol–water partition coefficient (Wildman–Crippen LogP) is -1.07. The molecule has 1 atom stereocenters. The van der Waals surface area contributed by atoms with Crippen molar-refractivity contribution < 1.29 is 19.1 Å². The van der Waals surface area contributed by atoms with Gasteiger partial charge in [-0.2, -0.15) is 0 Å². The normalized spacial score (nSPS) is 16.9. The Morgan fingerprint density at radius 1 is 1.25 bits per heavy atom. The zero-order valence-electron chi connectivity index (χ0n) is 12.6. The maximum atomic E-state index is 12.4. The second kappa shape index (κ2) is 8.89. The molecule has 1 saturated heterocycles. The molecule has 0 bridgehead atoms. The fraction of sp³-hybridized carbons (Fsp3) is 0.846. The van der Waals surface area contributed by atoms with E-state index < -0.39 is 11.8 Å². The largest absolute Gasteiger partial charge is 0.383 e. The monoisotopic (exact) mass is 287 g/mol. The zero-order chi connectivity index (χ0) is 15.0. The van der Waals surface area contributed by atoms with Gasteiger partial charge in [-0.1, -0.05) is 0 Å². The molecule has 0 spiro atoms. The predicted molar refractivity (Wildman–Crippen MR) is 74.4 cm³/mol. The molecule has 0 aliphatic carbocycles. The van der Waals surface area contributed by atoms with E-state index in [1.165, 1.54) is 4.90 Å². The summed E-state index contributed by atoms with van der Waals surface area (Å²) in [5, 5.41) is 3.16. The van der Waals surface area contributed by atoms with Crippen LogP contribution in [0, 0.1) is 0 Å². The molecule has 2 amide bonds. The zero-order valence-corrected chi connectivity index (χ0v) is 12.6. The van der Waals surface area contributed by atoms with Crippen LogP contribution in [-0.2, 0) is 19.1 Å². The first-order valence-corrected chi connectivity index (χ1v) is 6.90. The fourth-order valence-corrected chi connectivity index (χ4v) is 2.17. The van der Waals surface area contributed by atoms with Crippen molar-refractivity contribution in [2.75, 3.05) is 60.2 Å². The Balaban J connectivity index is 2.66. The van der Waals surface area contributed by atoms with Crippen LogP contribution in [0.25, 0.3) is 0 Å². The molecular weight excluding hydrogens is 262 g/mol. The average molecular weight is 287 g/mol. The van der Waals surface area contributed by atoms with Gasteiger partial charge in [0.2, 0.25) is 0 Å². The molecule has 0 aromatic heterocycles. The first-order chi connectivity index (χ1) is 9.61. The Bertz CT molecular complexity index is 319. The highest BCUT2D eigenvalue weighted by Gasteiger charge is 2.30. The van der Waals surface area contributed by atoms with Crippen LogP contribution in [0.2, 0.25) is 0 Å². The second-order valence-corrected chi connectivity index (χ2v) is 4.84. The van der Waals surface area contributed by atoms with Gasteiger partial charge in [-0.05, 0) is 6.92 Å². The van der Waals surface area contributed by atoms with E-state index in [2.05, 4.69) is 5.32 Å². The van der Waals surface area contributed by atoms with Crippen LogP contribution in [0.3, 0.4) is 0 Å². The van der Waals surface area contributed by atoms with Crippen molar-refractivity contribution >= 4 is 11.8 Å². The molecular formula is C13H25N3O4. The topological polar surface area (TPSA) is 71.1 Å². The summed E-state index contributed by atoms with van der Waals surface area (Å²) in [6.07, 6.45) is 0. The number of piperazine rings is 1. The molecule has 1 heterocycles. The molecule has 0 saturated carbocycles. The van der Waals surface area contributed by atoms with Gasteiger partial charge in [0, 0.05) is 46.9 Å². The first kappa shape index (κ1) is 16.9. The van der Waals surface area contributed by atoms with Crippen molar-refractivity contribution in [3.05, 3.63) is 0 Å². The Labute approximate surface area is 120 Å². The second-order valence-electron chi connectivity index (χ2n) is 4.84. The van der Waals surface area contributed by atoms with Gasteiger partial charge >= 0.3 is 11.8 Å². The molecule has 7 nitrogen and oxygen atoms in total. The van der Waals surface area contributed by atoms with Gasteiger partial charge in [-0.3, -0.25) is 9.59 Å². The van der Waals surface area contributed by atoms with Crippen molar-refractivity contribution in [3.8, 4) is 0 Å². The van der Waals surface area contributed by atoms with Crippen molar-refractivity contribution in [2.24, 2.45) is 0 Å². The number of rotatable bonds is 6. The van der Waals surface area contributed by atoms with Crippen LogP contribution in [-0.4, -0.2) is 87.8 Å². The summed E-state index contributed by atoms with van der Waals surface area (Å²) in [5.74, 6) is -0.918. The molecule has 1 aliphatic rings. The number of carbonyl (C=O) groups excluding carboxylic acids is 2. The molecule has 1 N–H and O–H groups in total. The number of nitrogens with zero attached hydrogens (tertiary/aromatic N) is 2. The van der Waals surface area contributed by atoms with Crippen molar-refractivity contribution in [1.29, 1.82) is 0 Å². The lowest BCUT2D eigenvalue weighted by atomic mass is 10.2. The van der Waals surface area contributed by atoms with Gasteiger partial charge in [0.05, 0.1) is 19.3 Å². The van der Waals surface area contributed by atoms with Crippen LogP contribution in [0.15, 0.2) is 0 Å². The average Bonchev–Trinajstić information content (AvgIpc) is 2.48. The summed E-state index contributed by atoms with van der Waals surface area (Å²) in [4.78, 5) is 27.7. The van der Waals surface area contributed by atoms with Gasteiger partial charge in [-0.25, -0.2) is 0 Å².